The van der Waals surface area contributed by atoms with E-state index in [9.17, 15) is 4.79 Å². The number of hydrogen-bond donors (Lipinski definition) is 2. The molecule has 1 saturated heterocycles. The molecular weight excluding hydrogens is 230 g/mol. The van der Waals surface area contributed by atoms with Crippen molar-refractivity contribution in [3.63, 3.8) is 0 Å². The van der Waals surface area contributed by atoms with E-state index in [1.807, 2.05) is 6.92 Å². The van der Waals surface area contributed by atoms with Crippen molar-refractivity contribution in [1.29, 1.82) is 0 Å². The van der Waals surface area contributed by atoms with E-state index in [1.54, 1.807) is 7.11 Å². The summed E-state index contributed by atoms with van der Waals surface area (Å²) in [5, 5.41) is 3.39. The van der Waals surface area contributed by atoms with E-state index in [0.29, 0.717) is 6.04 Å². The summed E-state index contributed by atoms with van der Waals surface area (Å²) in [6.45, 7) is 5.50. The van der Waals surface area contributed by atoms with Gasteiger partial charge < -0.3 is 15.8 Å². The number of carbonyl (C=O) groups is 1. The Hall–Kier alpha value is -0.650. The lowest BCUT2D eigenvalue weighted by Crippen LogP contribution is -2.54. The van der Waals surface area contributed by atoms with Gasteiger partial charge in [-0.15, -0.1) is 0 Å². The summed E-state index contributed by atoms with van der Waals surface area (Å²) >= 11 is 0. The Morgan fingerprint density at radius 2 is 2.33 bits per heavy atom. The van der Waals surface area contributed by atoms with Crippen molar-refractivity contribution in [2.24, 2.45) is 5.73 Å². The van der Waals surface area contributed by atoms with E-state index in [-0.39, 0.29) is 11.9 Å². The summed E-state index contributed by atoms with van der Waals surface area (Å²) in [5.41, 5.74) is 5.50. The predicted molar refractivity (Wildman–Crippen MR) is 72.4 cm³/mol. The van der Waals surface area contributed by atoms with Gasteiger partial charge in [0.05, 0.1) is 12.6 Å². The third-order valence-electron chi connectivity index (χ3n) is 3.65. The fourth-order valence-electron chi connectivity index (χ4n) is 2.69. The second-order valence-corrected chi connectivity index (χ2v) is 4.91. The molecule has 5 nitrogen and oxygen atoms in total. The Balaban J connectivity index is 2.47. The Labute approximate surface area is 110 Å². The molecule has 1 fully saturated rings. The van der Waals surface area contributed by atoms with Crippen LogP contribution in [-0.2, 0) is 9.53 Å². The second kappa shape index (κ2) is 8.45. The highest BCUT2D eigenvalue weighted by Crippen LogP contribution is 2.20. The van der Waals surface area contributed by atoms with E-state index >= 15 is 0 Å². The van der Waals surface area contributed by atoms with Crippen molar-refractivity contribution in [2.45, 2.75) is 44.7 Å². The zero-order valence-corrected chi connectivity index (χ0v) is 11.7. The molecule has 18 heavy (non-hydrogen) atoms. The van der Waals surface area contributed by atoms with Crippen molar-refractivity contribution in [3.05, 3.63) is 0 Å². The average molecular weight is 257 g/mol. The number of rotatable bonds is 8. The molecule has 0 bridgehead atoms. The molecule has 2 atom stereocenters. The van der Waals surface area contributed by atoms with Gasteiger partial charge in [0.25, 0.3) is 0 Å². The highest BCUT2D eigenvalue weighted by Gasteiger charge is 2.30. The fraction of sp³-hybridized carbons (Fsp3) is 0.923. The Kier molecular flexibility index (Phi) is 7.23. The van der Waals surface area contributed by atoms with Gasteiger partial charge in [-0.25, -0.2) is 0 Å². The average Bonchev–Trinajstić information content (AvgIpc) is 2.37. The number of nitrogens with one attached hydrogen (secondary N) is 1. The molecule has 0 aliphatic carbocycles. The maximum atomic E-state index is 11.5. The van der Waals surface area contributed by atoms with Gasteiger partial charge in [0.2, 0.25) is 5.91 Å². The van der Waals surface area contributed by atoms with Crippen LogP contribution in [0.4, 0.5) is 0 Å². The summed E-state index contributed by atoms with van der Waals surface area (Å²) in [4.78, 5) is 13.8. The fourth-order valence-corrected chi connectivity index (χ4v) is 2.69. The number of amides is 1. The number of nitrogens with zero attached hydrogens (tertiary/aromatic N) is 1. The molecule has 0 saturated carbocycles. The Morgan fingerprint density at radius 1 is 1.56 bits per heavy atom. The molecule has 1 aliphatic heterocycles. The SMILES string of the molecule is CCC(C(N)=O)N1CCCCC1CNCCOC. The molecule has 1 amide bonds. The lowest BCUT2D eigenvalue weighted by atomic mass is 9.98. The predicted octanol–water partition coefficient (Wildman–Crippen LogP) is 0.341. The smallest absolute Gasteiger partial charge is 0.234 e. The number of methoxy groups -OCH3 is 1. The van der Waals surface area contributed by atoms with Gasteiger partial charge in [0, 0.05) is 26.2 Å². The third kappa shape index (κ3) is 4.55. The van der Waals surface area contributed by atoms with Crippen molar-refractivity contribution in [3.8, 4) is 0 Å². The molecule has 0 aromatic heterocycles. The number of primary amides is 1. The maximum absolute atomic E-state index is 11.5. The van der Waals surface area contributed by atoms with Crippen LogP contribution in [-0.4, -0.2) is 56.2 Å². The number of hydrogen-bond acceptors (Lipinski definition) is 4. The molecule has 1 rings (SSSR count). The first-order valence-electron chi connectivity index (χ1n) is 6.95. The minimum Gasteiger partial charge on any atom is -0.383 e. The molecule has 3 N–H and O–H groups in total. The largest absolute Gasteiger partial charge is 0.383 e. The van der Waals surface area contributed by atoms with E-state index in [0.717, 1.165) is 39.1 Å². The van der Waals surface area contributed by atoms with Crippen LogP contribution in [0.3, 0.4) is 0 Å². The van der Waals surface area contributed by atoms with E-state index in [1.165, 1.54) is 12.8 Å². The molecular formula is C13H27N3O2. The van der Waals surface area contributed by atoms with Crippen LogP contribution < -0.4 is 11.1 Å². The van der Waals surface area contributed by atoms with Crippen molar-refractivity contribution < 1.29 is 9.53 Å². The third-order valence-corrected chi connectivity index (χ3v) is 3.65. The van der Waals surface area contributed by atoms with Gasteiger partial charge in [-0.05, 0) is 25.8 Å². The molecule has 1 aliphatic rings. The van der Waals surface area contributed by atoms with E-state index in [4.69, 9.17) is 10.5 Å². The highest BCUT2D eigenvalue weighted by molar-refractivity contribution is 5.79. The first-order chi connectivity index (χ1) is 8.70. The first-order valence-corrected chi connectivity index (χ1v) is 6.95. The van der Waals surface area contributed by atoms with Crippen LogP contribution in [0.5, 0.6) is 0 Å². The highest BCUT2D eigenvalue weighted by atomic mass is 16.5. The number of carbonyl (C=O) groups excluding carboxylic acids is 1. The number of nitrogens with two attached hydrogens (primary N) is 1. The van der Waals surface area contributed by atoms with Crippen LogP contribution in [0.25, 0.3) is 0 Å². The monoisotopic (exact) mass is 257 g/mol. The quantitative estimate of drug-likeness (QED) is 0.615. The van der Waals surface area contributed by atoms with Gasteiger partial charge in [-0.1, -0.05) is 13.3 Å². The molecule has 0 spiro atoms. The van der Waals surface area contributed by atoms with Crippen molar-refractivity contribution >= 4 is 5.91 Å². The molecule has 0 aromatic rings. The molecule has 1 heterocycles. The van der Waals surface area contributed by atoms with Crippen LogP contribution in [0.15, 0.2) is 0 Å². The molecule has 0 radical (unpaired) electrons. The number of piperidine rings is 1. The zero-order chi connectivity index (χ0) is 13.4. The van der Waals surface area contributed by atoms with Crippen molar-refractivity contribution in [2.75, 3.05) is 33.4 Å². The molecule has 0 aromatic carbocycles. The summed E-state index contributed by atoms with van der Waals surface area (Å²) in [6.07, 6.45) is 4.34. The molecule has 106 valence electrons. The van der Waals surface area contributed by atoms with Crippen LogP contribution >= 0.6 is 0 Å². The minimum atomic E-state index is -0.193. The number of likely N-dealkylation sites (tertiary alicyclic amines) is 1. The lowest BCUT2D eigenvalue weighted by Gasteiger charge is -2.39. The van der Waals surface area contributed by atoms with Gasteiger partial charge in [0.1, 0.15) is 0 Å². The van der Waals surface area contributed by atoms with Crippen molar-refractivity contribution in [1.82, 2.24) is 10.2 Å². The normalized spacial score (nSPS) is 22.9. The summed E-state index contributed by atoms with van der Waals surface area (Å²) in [7, 11) is 1.70. The van der Waals surface area contributed by atoms with E-state index in [2.05, 4.69) is 10.2 Å². The topological polar surface area (TPSA) is 67.6 Å². The van der Waals surface area contributed by atoms with Crippen LogP contribution in [0.1, 0.15) is 32.6 Å². The Bertz CT molecular complexity index is 248. The van der Waals surface area contributed by atoms with Crippen LogP contribution in [0.2, 0.25) is 0 Å². The summed E-state index contributed by atoms with van der Waals surface area (Å²) in [6, 6.07) is 0.313. The standard InChI is InChI=1S/C13H27N3O2/c1-3-12(13(14)17)16-8-5-4-6-11(16)10-15-7-9-18-2/h11-12,15H,3-10H2,1-2H3,(H2,14,17). The summed E-state index contributed by atoms with van der Waals surface area (Å²) < 4.78 is 5.01. The lowest BCUT2D eigenvalue weighted by molar-refractivity contribution is -0.124. The first kappa shape index (κ1) is 15.4. The molecule has 2 unspecified atom stereocenters. The minimum absolute atomic E-state index is 0.112. The Morgan fingerprint density at radius 3 is 2.94 bits per heavy atom. The van der Waals surface area contributed by atoms with Crippen LogP contribution in [0, 0.1) is 0 Å². The molecule has 5 heteroatoms. The second-order valence-electron chi connectivity index (χ2n) is 4.91. The van der Waals surface area contributed by atoms with E-state index < -0.39 is 0 Å². The van der Waals surface area contributed by atoms with Gasteiger partial charge in [0.15, 0.2) is 0 Å². The summed E-state index contributed by atoms with van der Waals surface area (Å²) in [5.74, 6) is -0.193. The van der Waals surface area contributed by atoms with Gasteiger partial charge in [-0.3, -0.25) is 9.69 Å². The number of ether oxygens (including phenoxy) is 1. The van der Waals surface area contributed by atoms with Gasteiger partial charge in [-0.2, -0.15) is 0 Å². The van der Waals surface area contributed by atoms with Gasteiger partial charge >= 0.3 is 0 Å². The maximum Gasteiger partial charge on any atom is 0.234 e. The zero-order valence-electron chi connectivity index (χ0n) is 11.7.